The fourth-order valence-corrected chi connectivity index (χ4v) is 3.50. The lowest BCUT2D eigenvalue weighted by molar-refractivity contribution is 0.0682. The monoisotopic (exact) mass is 382 g/mol. The number of hydrogen-bond acceptors (Lipinski definition) is 4. The molecule has 5 atom stereocenters. The van der Waals surface area contributed by atoms with Gasteiger partial charge in [0.05, 0.1) is 5.41 Å². The third-order valence-corrected chi connectivity index (χ3v) is 5.81. The van der Waals surface area contributed by atoms with Crippen molar-refractivity contribution >= 4 is 0 Å². The molecule has 1 heterocycles. The molecule has 5 unspecified atom stereocenters. The van der Waals surface area contributed by atoms with Crippen molar-refractivity contribution in [1.29, 1.82) is 0 Å². The Bertz CT molecular complexity index is 781. The van der Waals surface area contributed by atoms with Crippen molar-refractivity contribution in [1.82, 2.24) is 5.32 Å². The summed E-state index contributed by atoms with van der Waals surface area (Å²) in [5, 5.41) is 3.16. The molecular formula is C24H34N2O2. The zero-order chi connectivity index (χ0) is 20.6. The molecule has 3 aliphatic rings. The number of epoxide rings is 1. The van der Waals surface area contributed by atoms with Crippen LogP contribution < -0.4 is 11.1 Å². The Morgan fingerprint density at radius 1 is 1.07 bits per heavy atom. The highest BCUT2D eigenvalue weighted by Crippen LogP contribution is 2.41. The Hall–Kier alpha value is -1.88. The van der Waals surface area contributed by atoms with Crippen LogP contribution in [-0.4, -0.2) is 25.6 Å². The molecule has 0 spiro atoms. The Balaban J connectivity index is 1.69. The maximum absolute atomic E-state index is 6.49. The molecule has 1 fully saturated rings. The number of hydrogen-bond donors (Lipinski definition) is 2. The van der Waals surface area contributed by atoms with Crippen molar-refractivity contribution < 1.29 is 9.47 Å². The Morgan fingerprint density at radius 3 is 2.43 bits per heavy atom. The fourth-order valence-electron chi connectivity index (χ4n) is 3.50. The van der Waals surface area contributed by atoms with Crippen molar-refractivity contribution in [2.75, 3.05) is 7.05 Å². The lowest BCUT2D eigenvalue weighted by Crippen LogP contribution is -2.39. The van der Waals surface area contributed by atoms with E-state index < -0.39 is 11.6 Å². The predicted octanol–water partition coefficient (Wildman–Crippen LogP) is 4.35. The highest BCUT2D eigenvalue weighted by molar-refractivity contribution is 5.36. The van der Waals surface area contributed by atoms with E-state index in [1.54, 1.807) is 0 Å². The van der Waals surface area contributed by atoms with Crippen LogP contribution in [0.4, 0.5) is 0 Å². The van der Waals surface area contributed by atoms with Crippen molar-refractivity contribution in [3.63, 3.8) is 0 Å². The van der Waals surface area contributed by atoms with Crippen molar-refractivity contribution in [2.45, 2.75) is 53.2 Å². The molecule has 0 saturated carbocycles. The number of allylic oxidation sites excluding steroid dienone is 7. The molecule has 0 bridgehead atoms. The first-order valence-corrected chi connectivity index (χ1v) is 10.0. The zero-order valence-corrected chi connectivity index (χ0v) is 17.9. The van der Waals surface area contributed by atoms with Crippen LogP contribution in [0.15, 0.2) is 72.1 Å². The Labute approximate surface area is 169 Å². The highest BCUT2D eigenvalue weighted by atomic mass is 16.6. The Morgan fingerprint density at radius 2 is 1.79 bits per heavy atom. The first-order valence-electron chi connectivity index (χ1n) is 10.0. The largest absolute Gasteiger partial charge is 0.474 e. The van der Waals surface area contributed by atoms with Gasteiger partial charge in [-0.15, -0.1) is 0 Å². The quantitative estimate of drug-likeness (QED) is 0.548. The van der Waals surface area contributed by atoms with E-state index in [1.165, 1.54) is 5.57 Å². The summed E-state index contributed by atoms with van der Waals surface area (Å²) in [6.07, 6.45) is 20.7. The fraction of sp³-hybridized carbons (Fsp3) is 0.500. The maximum Gasteiger partial charge on any atom is 0.160 e. The van der Waals surface area contributed by atoms with E-state index in [9.17, 15) is 0 Å². The number of ether oxygens (including phenoxy) is 2. The number of likely N-dealkylation sites (N-methyl/N-ethyl adjacent to an activating group) is 1. The van der Waals surface area contributed by atoms with Gasteiger partial charge in [0, 0.05) is 5.41 Å². The molecule has 28 heavy (non-hydrogen) atoms. The average Bonchev–Trinajstić information content (AvgIpc) is 3.43. The minimum atomic E-state index is -0.497. The number of rotatable bonds is 5. The molecule has 0 aromatic heterocycles. The van der Waals surface area contributed by atoms with Crippen LogP contribution in [0.3, 0.4) is 0 Å². The van der Waals surface area contributed by atoms with E-state index in [1.807, 2.05) is 25.3 Å². The smallest absolute Gasteiger partial charge is 0.160 e. The molecule has 4 heteroatoms. The van der Waals surface area contributed by atoms with E-state index in [0.717, 1.165) is 5.76 Å². The first-order chi connectivity index (χ1) is 13.1. The van der Waals surface area contributed by atoms with Gasteiger partial charge in [-0.25, -0.2) is 0 Å². The van der Waals surface area contributed by atoms with Crippen LogP contribution in [0.2, 0.25) is 0 Å². The SMILES string of the molecule is CNC1OC1C1(C)C=CC=C(OC(N)C2(C)C=CC=C(C(C)(C)C)C=C2)C=C1. The van der Waals surface area contributed by atoms with E-state index >= 15 is 0 Å². The average molecular weight is 383 g/mol. The summed E-state index contributed by atoms with van der Waals surface area (Å²) in [5.41, 5.74) is 7.29. The third kappa shape index (κ3) is 4.40. The molecule has 1 aliphatic heterocycles. The van der Waals surface area contributed by atoms with Crippen LogP contribution in [0.1, 0.15) is 34.6 Å². The van der Waals surface area contributed by atoms with Crippen molar-refractivity contribution in [3.05, 3.63) is 72.1 Å². The molecular weight excluding hydrogens is 348 g/mol. The van der Waals surface area contributed by atoms with Gasteiger partial charge in [0.25, 0.3) is 0 Å². The third-order valence-electron chi connectivity index (χ3n) is 5.81. The summed E-state index contributed by atoms with van der Waals surface area (Å²) in [4.78, 5) is 0. The number of nitrogens with two attached hydrogens (primary N) is 1. The molecule has 1 saturated heterocycles. The van der Waals surface area contributed by atoms with E-state index in [0.29, 0.717) is 0 Å². The number of nitrogens with one attached hydrogen (secondary N) is 1. The summed E-state index contributed by atoms with van der Waals surface area (Å²) in [6, 6.07) is 0. The van der Waals surface area contributed by atoms with Crippen molar-refractivity contribution in [3.8, 4) is 0 Å². The van der Waals surface area contributed by atoms with Gasteiger partial charge in [-0.3, -0.25) is 11.1 Å². The lowest BCUT2D eigenvalue weighted by Gasteiger charge is -2.30. The van der Waals surface area contributed by atoms with Crippen LogP contribution in [-0.2, 0) is 9.47 Å². The Kier molecular flexibility index (Phi) is 5.59. The minimum absolute atomic E-state index is 0.0922. The topological polar surface area (TPSA) is 59.8 Å². The summed E-state index contributed by atoms with van der Waals surface area (Å²) in [6.45, 7) is 10.9. The highest BCUT2D eigenvalue weighted by Gasteiger charge is 2.49. The van der Waals surface area contributed by atoms with Gasteiger partial charge in [-0.2, -0.15) is 0 Å². The lowest BCUT2D eigenvalue weighted by atomic mass is 9.84. The van der Waals surface area contributed by atoms with E-state index in [2.05, 4.69) is 82.5 Å². The molecule has 3 N–H and O–H groups in total. The van der Waals surface area contributed by atoms with E-state index in [4.69, 9.17) is 15.2 Å². The molecule has 0 aromatic rings. The normalized spacial score (nSPS) is 35.7. The zero-order valence-electron chi connectivity index (χ0n) is 17.9. The van der Waals surface area contributed by atoms with Gasteiger partial charge < -0.3 is 9.47 Å². The van der Waals surface area contributed by atoms with Crippen LogP contribution in [0, 0.1) is 16.2 Å². The predicted molar refractivity (Wildman–Crippen MR) is 115 cm³/mol. The second-order valence-electron chi connectivity index (χ2n) is 9.36. The molecule has 4 nitrogen and oxygen atoms in total. The molecule has 2 aliphatic carbocycles. The van der Waals surface area contributed by atoms with Gasteiger partial charge in [-0.1, -0.05) is 69.4 Å². The standard InChI is InChI=1S/C24H34N2O2/c1-22(2,3)17-9-7-14-24(5,15-11-17)21(25)27-18-10-8-13-23(4,16-12-18)19-20(26-6)28-19/h7-16,19-21,26H,25H2,1-6H3. The van der Waals surface area contributed by atoms with E-state index in [-0.39, 0.29) is 23.2 Å². The van der Waals surface area contributed by atoms with Crippen LogP contribution in [0.25, 0.3) is 0 Å². The second-order valence-corrected chi connectivity index (χ2v) is 9.36. The van der Waals surface area contributed by atoms with Gasteiger partial charge in [-0.05, 0) is 44.0 Å². The summed E-state index contributed by atoms with van der Waals surface area (Å²) < 4.78 is 11.9. The minimum Gasteiger partial charge on any atom is -0.474 e. The second kappa shape index (κ2) is 7.51. The first kappa shape index (κ1) is 20.8. The van der Waals surface area contributed by atoms with Gasteiger partial charge in [0.15, 0.2) is 6.23 Å². The molecule has 3 rings (SSSR count). The van der Waals surface area contributed by atoms with Gasteiger partial charge in [0.2, 0.25) is 0 Å². The summed E-state index contributed by atoms with van der Waals surface area (Å²) in [7, 11) is 1.92. The maximum atomic E-state index is 6.49. The molecule has 152 valence electrons. The summed E-state index contributed by atoms with van der Waals surface area (Å²) in [5.74, 6) is 0.755. The summed E-state index contributed by atoms with van der Waals surface area (Å²) >= 11 is 0. The van der Waals surface area contributed by atoms with Gasteiger partial charge >= 0.3 is 0 Å². The van der Waals surface area contributed by atoms with Crippen LogP contribution in [0.5, 0.6) is 0 Å². The van der Waals surface area contributed by atoms with Crippen LogP contribution >= 0.6 is 0 Å². The van der Waals surface area contributed by atoms with Crippen molar-refractivity contribution in [2.24, 2.45) is 22.0 Å². The van der Waals surface area contributed by atoms with Gasteiger partial charge in [0.1, 0.15) is 18.1 Å². The molecule has 0 aromatic carbocycles. The molecule has 0 amide bonds. The molecule has 0 radical (unpaired) electrons.